The van der Waals surface area contributed by atoms with Crippen molar-refractivity contribution in [1.82, 2.24) is 20.4 Å². The minimum absolute atomic E-state index is 0.0967. The highest BCUT2D eigenvalue weighted by molar-refractivity contribution is 6.04. The molecule has 3 atom stereocenters. The lowest BCUT2D eigenvalue weighted by molar-refractivity contribution is -0.152. The first-order valence-electron chi connectivity index (χ1n) is 16.3. The van der Waals surface area contributed by atoms with E-state index in [9.17, 15) is 19.2 Å². The molecule has 48 heavy (non-hydrogen) atoms. The molecule has 0 radical (unpaired) electrons. The number of nitrogens with zero attached hydrogens (tertiary/aromatic N) is 2. The van der Waals surface area contributed by atoms with Gasteiger partial charge in [0.25, 0.3) is 0 Å². The van der Waals surface area contributed by atoms with Gasteiger partial charge in [0.15, 0.2) is 0 Å². The molecule has 3 N–H and O–H groups in total. The Morgan fingerprint density at radius 1 is 0.812 bits per heavy atom. The summed E-state index contributed by atoms with van der Waals surface area (Å²) in [5.74, 6) is -0.518. The monoisotopic (exact) mass is 653 g/mol. The van der Waals surface area contributed by atoms with Crippen LogP contribution in [0.4, 0.5) is 9.59 Å². The second-order valence-corrected chi connectivity index (χ2v) is 13.1. The van der Waals surface area contributed by atoms with Crippen LogP contribution in [0.2, 0.25) is 0 Å². The highest BCUT2D eigenvalue weighted by Gasteiger charge is 2.45. The Morgan fingerprint density at radius 2 is 1.46 bits per heavy atom. The zero-order valence-electron chi connectivity index (χ0n) is 27.6. The van der Waals surface area contributed by atoms with E-state index < -0.39 is 29.9 Å². The number of likely N-dealkylation sites (tertiary alicyclic amines) is 2. The first-order valence-corrected chi connectivity index (χ1v) is 16.3. The van der Waals surface area contributed by atoms with Gasteiger partial charge in [0, 0.05) is 25.2 Å². The van der Waals surface area contributed by atoms with E-state index in [4.69, 9.17) is 14.9 Å². The van der Waals surface area contributed by atoms with Crippen LogP contribution in [0, 0.1) is 5.41 Å². The smallest absolute Gasteiger partial charge is 0.413 e. The quantitative estimate of drug-likeness (QED) is 0.222. The van der Waals surface area contributed by atoms with Gasteiger partial charge in [0.2, 0.25) is 11.8 Å². The standard InChI is InChI=1S/C37H43N5O6/c1-37(2,3)48-36(46)42-20-18-29(27-12-8-5-9-13-27)22-31(42)34(44)41-21-19-30(41)33(43)39-23-25-14-16-28(17-15-25)32(38)40-35(45)47-24-26-10-6-4-7-11-26/h4-17,29-31H,18-24H2,1-3H3,(H,39,43)(H2,38,40,45)/t29-,30-,31+/m0/s1. The Morgan fingerprint density at radius 3 is 2.08 bits per heavy atom. The average molecular weight is 654 g/mol. The molecule has 2 aliphatic heterocycles. The SMILES string of the molecule is CC(C)(C)OC(=O)N1CC[C@H](c2ccccc2)C[C@@H]1C(=O)N1CC[C@H]1C(=O)NCc1ccc(C(=N)NC(=O)OCc2ccccc2)cc1. The third-order valence-corrected chi connectivity index (χ3v) is 8.54. The maximum atomic E-state index is 14.0. The van der Waals surface area contributed by atoms with Crippen molar-refractivity contribution in [1.29, 1.82) is 5.41 Å². The first-order chi connectivity index (χ1) is 23.0. The van der Waals surface area contributed by atoms with Crippen LogP contribution in [0.5, 0.6) is 0 Å². The lowest BCUT2D eigenvalue weighted by atomic mass is 9.84. The van der Waals surface area contributed by atoms with Crippen LogP contribution in [0.1, 0.15) is 68.2 Å². The van der Waals surface area contributed by atoms with Crippen LogP contribution in [0.25, 0.3) is 0 Å². The predicted octanol–water partition coefficient (Wildman–Crippen LogP) is 5.34. The zero-order chi connectivity index (χ0) is 34.3. The highest BCUT2D eigenvalue weighted by Crippen LogP contribution is 2.34. The van der Waals surface area contributed by atoms with Gasteiger partial charge < -0.3 is 19.7 Å². The number of amides is 4. The molecule has 3 aromatic carbocycles. The molecule has 0 aliphatic carbocycles. The third kappa shape index (κ3) is 8.78. The van der Waals surface area contributed by atoms with Crippen LogP contribution in [-0.2, 0) is 32.2 Å². The van der Waals surface area contributed by atoms with Gasteiger partial charge in [-0.25, -0.2) is 9.59 Å². The van der Waals surface area contributed by atoms with Crippen LogP contribution in [-0.4, -0.2) is 70.4 Å². The summed E-state index contributed by atoms with van der Waals surface area (Å²) in [6.45, 7) is 6.53. The fourth-order valence-electron chi connectivity index (χ4n) is 5.91. The van der Waals surface area contributed by atoms with Crippen LogP contribution < -0.4 is 10.6 Å². The van der Waals surface area contributed by atoms with Crippen molar-refractivity contribution in [2.45, 2.75) is 76.8 Å². The third-order valence-electron chi connectivity index (χ3n) is 8.54. The Hall–Kier alpha value is -5.19. The van der Waals surface area contributed by atoms with Gasteiger partial charge in [-0.1, -0.05) is 84.9 Å². The molecular formula is C37H43N5O6. The normalized spacial score (nSPS) is 19.0. The lowest BCUT2D eigenvalue weighted by Crippen LogP contribution is -2.64. The molecule has 0 aromatic heterocycles. The molecule has 0 unspecified atom stereocenters. The minimum Gasteiger partial charge on any atom is -0.444 e. The number of hydrogen-bond acceptors (Lipinski definition) is 7. The molecule has 2 fully saturated rings. The van der Waals surface area contributed by atoms with Crippen molar-refractivity contribution in [2.75, 3.05) is 13.1 Å². The minimum atomic E-state index is -0.735. The summed E-state index contributed by atoms with van der Waals surface area (Å²) in [6, 6.07) is 24.8. The molecular weight excluding hydrogens is 610 g/mol. The Kier molecular flexibility index (Phi) is 10.8. The van der Waals surface area contributed by atoms with Gasteiger partial charge in [-0.2, -0.15) is 0 Å². The van der Waals surface area contributed by atoms with Crippen molar-refractivity contribution >= 4 is 29.8 Å². The number of hydrogen-bond donors (Lipinski definition) is 3. The van der Waals surface area contributed by atoms with E-state index in [0.29, 0.717) is 37.9 Å². The second kappa shape index (κ2) is 15.1. The largest absolute Gasteiger partial charge is 0.444 e. The second-order valence-electron chi connectivity index (χ2n) is 13.1. The number of amidine groups is 1. The summed E-state index contributed by atoms with van der Waals surface area (Å²) in [5.41, 5.74) is 2.53. The topological polar surface area (TPSA) is 141 Å². The molecule has 0 spiro atoms. The van der Waals surface area contributed by atoms with Crippen molar-refractivity contribution in [2.24, 2.45) is 0 Å². The molecule has 11 heteroatoms. The van der Waals surface area contributed by atoms with Gasteiger partial charge in [0.05, 0.1) is 0 Å². The summed E-state index contributed by atoms with van der Waals surface area (Å²) in [4.78, 5) is 55.6. The fraction of sp³-hybridized carbons (Fsp3) is 0.378. The maximum Gasteiger partial charge on any atom is 0.413 e. The predicted molar refractivity (Wildman–Crippen MR) is 180 cm³/mol. The van der Waals surface area contributed by atoms with E-state index in [1.165, 1.54) is 4.90 Å². The molecule has 3 aromatic rings. The fourth-order valence-corrected chi connectivity index (χ4v) is 5.91. The molecule has 0 saturated carbocycles. The van der Waals surface area contributed by atoms with Gasteiger partial charge in [0.1, 0.15) is 30.1 Å². The van der Waals surface area contributed by atoms with Crippen LogP contribution in [0.3, 0.4) is 0 Å². The van der Waals surface area contributed by atoms with E-state index >= 15 is 0 Å². The Labute approximate surface area is 281 Å². The Bertz CT molecular complexity index is 1610. The Balaban J connectivity index is 1.15. The average Bonchev–Trinajstić information content (AvgIpc) is 3.06. The highest BCUT2D eigenvalue weighted by atomic mass is 16.6. The van der Waals surface area contributed by atoms with Crippen molar-refractivity contribution < 1.29 is 28.7 Å². The van der Waals surface area contributed by atoms with Gasteiger partial charge in [-0.3, -0.25) is 25.2 Å². The van der Waals surface area contributed by atoms with E-state index in [1.54, 1.807) is 49.9 Å². The van der Waals surface area contributed by atoms with E-state index in [1.807, 2.05) is 60.7 Å². The van der Waals surface area contributed by atoms with E-state index in [0.717, 1.165) is 16.7 Å². The zero-order valence-corrected chi connectivity index (χ0v) is 27.6. The van der Waals surface area contributed by atoms with E-state index in [-0.39, 0.29) is 36.7 Å². The van der Waals surface area contributed by atoms with E-state index in [2.05, 4.69) is 10.6 Å². The van der Waals surface area contributed by atoms with Crippen LogP contribution >= 0.6 is 0 Å². The summed E-state index contributed by atoms with van der Waals surface area (Å²) in [7, 11) is 0. The number of benzene rings is 3. The lowest BCUT2D eigenvalue weighted by Gasteiger charge is -2.46. The maximum absolute atomic E-state index is 14.0. The molecule has 2 aliphatic rings. The number of ether oxygens (including phenoxy) is 2. The number of carbonyl (C=O) groups is 4. The number of piperidine rings is 1. The number of carbonyl (C=O) groups excluding carboxylic acids is 4. The number of nitrogens with one attached hydrogen (secondary N) is 3. The molecule has 11 nitrogen and oxygen atoms in total. The number of alkyl carbamates (subject to hydrolysis) is 1. The summed E-state index contributed by atoms with van der Waals surface area (Å²) in [5, 5.41) is 13.6. The van der Waals surface area contributed by atoms with Gasteiger partial charge in [-0.15, -0.1) is 0 Å². The van der Waals surface area contributed by atoms with Crippen LogP contribution in [0.15, 0.2) is 84.9 Å². The van der Waals surface area contributed by atoms with Crippen molar-refractivity contribution in [3.8, 4) is 0 Å². The molecule has 252 valence electrons. The van der Waals surface area contributed by atoms with Crippen molar-refractivity contribution in [3.63, 3.8) is 0 Å². The summed E-state index contributed by atoms with van der Waals surface area (Å²) in [6.07, 6.45) is 0.445. The van der Waals surface area contributed by atoms with Gasteiger partial charge >= 0.3 is 12.2 Å². The molecule has 5 rings (SSSR count). The number of rotatable bonds is 8. The summed E-state index contributed by atoms with van der Waals surface area (Å²) < 4.78 is 10.8. The molecule has 0 bridgehead atoms. The molecule has 4 amide bonds. The molecule has 2 heterocycles. The van der Waals surface area contributed by atoms with Gasteiger partial charge in [-0.05, 0) is 62.6 Å². The first kappa shape index (κ1) is 34.2. The molecule has 2 saturated heterocycles. The summed E-state index contributed by atoms with van der Waals surface area (Å²) >= 11 is 0. The van der Waals surface area contributed by atoms with Crippen molar-refractivity contribution in [3.05, 3.63) is 107 Å².